The van der Waals surface area contributed by atoms with Crippen molar-refractivity contribution in [2.45, 2.75) is 86.0 Å². The quantitative estimate of drug-likeness (QED) is 0.470. The van der Waals surface area contributed by atoms with Crippen LogP contribution in [0.25, 0.3) is 0 Å². The molecule has 1 nitrogen and oxygen atoms in total. The molecule has 0 aromatic rings. The summed E-state index contributed by atoms with van der Waals surface area (Å²) in [5, 5.41) is 0. The molecule has 4 aliphatic carbocycles. The summed E-state index contributed by atoms with van der Waals surface area (Å²) in [7, 11) is 0. The number of fused-ring (bicyclic) bond motifs is 5. The first-order valence-corrected chi connectivity index (χ1v) is 11.8. The van der Waals surface area contributed by atoms with Crippen molar-refractivity contribution in [2.75, 3.05) is 0 Å². The monoisotopic (exact) mass is 380 g/mol. The minimum Gasteiger partial charge on any atom is -0.295 e. The number of hydrogen-bond acceptors (Lipinski definition) is 1. The third-order valence-corrected chi connectivity index (χ3v) is 9.51. The van der Waals surface area contributed by atoms with Gasteiger partial charge in [0.15, 0.2) is 5.78 Å². The molecule has 0 bridgehead atoms. The van der Waals surface area contributed by atoms with Crippen LogP contribution in [-0.4, -0.2) is 5.78 Å². The highest BCUT2D eigenvalue weighted by Crippen LogP contribution is 2.67. The van der Waals surface area contributed by atoms with Crippen LogP contribution in [0.4, 0.5) is 0 Å². The Labute approximate surface area is 172 Å². The molecule has 3 saturated carbocycles. The van der Waals surface area contributed by atoms with Crippen LogP contribution in [-0.2, 0) is 4.79 Å². The molecular formula is C27H40O. The lowest BCUT2D eigenvalue weighted by Crippen LogP contribution is -2.50. The van der Waals surface area contributed by atoms with Gasteiger partial charge in [-0.3, -0.25) is 4.79 Å². The second-order valence-corrected chi connectivity index (χ2v) is 11.2. The predicted octanol–water partition coefficient (Wildman–Crippen LogP) is 7.29. The Morgan fingerprint density at radius 2 is 1.86 bits per heavy atom. The van der Waals surface area contributed by atoms with Crippen molar-refractivity contribution in [3.05, 3.63) is 35.5 Å². The Balaban J connectivity index is 1.55. The summed E-state index contributed by atoms with van der Waals surface area (Å²) in [6, 6.07) is 0. The van der Waals surface area contributed by atoms with E-state index in [1.165, 1.54) is 49.7 Å². The van der Waals surface area contributed by atoms with Crippen LogP contribution < -0.4 is 0 Å². The number of rotatable bonds is 3. The molecule has 28 heavy (non-hydrogen) atoms. The molecule has 0 amide bonds. The molecule has 0 saturated heterocycles. The van der Waals surface area contributed by atoms with Crippen LogP contribution in [0.5, 0.6) is 0 Å². The molecule has 1 heteroatoms. The average molecular weight is 381 g/mol. The summed E-state index contributed by atoms with van der Waals surface area (Å²) in [5.41, 5.74) is 3.70. The number of hydrogen-bond donors (Lipinski definition) is 0. The lowest BCUT2D eigenvalue weighted by atomic mass is 9.46. The maximum absolute atomic E-state index is 12.0. The molecular weight excluding hydrogens is 340 g/mol. The van der Waals surface area contributed by atoms with Crippen molar-refractivity contribution in [2.24, 2.45) is 40.4 Å². The standard InChI is InChI=1S/C27H40O/c1-18(2)7-6-8-19(3)23-11-12-24-22-10-9-20-17-21(28)13-15-26(20,4)25(22)14-16-27(23,24)5/h6-8,17,19,22-25H,9-16H2,1-5H3/b8-6+/t19-,22?,23?,24?,25?,26?,27?/m1/s1. The summed E-state index contributed by atoms with van der Waals surface area (Å²) in [5.74, 6) is 4.47. The van der Waals surface area contributed by atoms with E-state index in [9.17, 15) is 4.79 Å². The predicted molar refractivity (Wildman–Crippen MR) is 118 cm³/mol. The van der Waals surface area contributed by atoms with Crippen LogP contribution in [0.2, 0.25) is 0 Å². The molecule has 7 atom stereocenters. The fourth-order valence-electron chi connectivity index (χ4n) is 8.02. The maximum Gasteiger partial charge on any atom is 0.155 e. The van der Waals surface area contributed by atoms with Gasteiger partial charge in [0.05, 0.1) is 0 Å². The zero-order valence-electron chi connectivity index (χ0n) is 18.8. The second-order valence-electron chi connectivity index (χ2n) is 11.2. The molecule has 0 aromatic heterocycles. The Hall–Kier alpha value is -1.11. The highest BCUT2D eigenvalue weighted by molar-refractivity contribution is 5.91. The van der Waals surface area contributed by atoms with Crippen molar-refractivity contribution in [3.63, 3.8) is 0 Å². The largest absolute Gasteiger partial charge is 0.295 e. The molecule has 0 spiro atoms. The van der Waals surface area contributed by atoms with Crippen LogP contribution in [0.3, 0.4) is 0 Å². The first kappa shape index (κ1) is 20.2. The molecule has 0 aromatic carbocycles. The van der Waals surface area contributed by atoms with Gasteiger partial charge in [0, 0.05) is 6.42 Å². The molecule has 4 aliphatic rings. The second kappa shape index (κ2) is 7.29. The van der Waals surface area contributed by atoms with Crippen molar-refractivity contribution in [1.29, 1.82) is 0 Å². The molecule has 0 N–H and O–H groups in total. The smallest absolute Gasteiger partial charge is 0.155 e. The van der Waals surface area contributed by atoms with Gasteiger partial charge in [0.2, 0.25) is 0 Å². The zero-order valence-corrected chi connectivity index (χ0v) is 18.8. The van der Waals surface area contributed by atoms with Crippen molar-refractivity contribution >= 4 is 5.78 Å². The molecule has 0 aliphatic heterocycles. The normalized spacial score (nSPS) is 43.8. The number of allylic oxidation sites excluding steroid dienone is 5. The van der Waals surface area contributed by atoms with Crippen LogP contribution in [0.15, 0.2) is 35.5 Å². The summed E-state index contributed by atoms with van der Waals surface area (Å²) in [4.78, 5) is 12.0. The topological polar surface area (TPSA) is 17.1 Å². The van der Waals surface area contributed by atoms with Crippen LogP contribution >= 0.6 is 0 Å². The minimum absolute atomic E-state index is 0.311. The van der Waals surface area contributed by atoms with Gasteiger partial charge in [0.25, 0.3) is 0 Å². The first-order chi connectivity index (χ1) is 13.3. The number of carbonyl (C=O) groups is 1. The van der Waals surface area contributed by atoms with E-state index in [0.29, 0.717) is 22.5 Å². The van der Waals surface area contributed by atoms with E-state index in [4.69, 9.17) is 0 Å². The van der Waals surface area contributed by atoms with Gasteiger partial charge >= 0.3 is 0 Å². The average Bonchev–Trinajstić information content (AvgIpc) is 2.99. The van der Waals surface area contributed by atoms with Gasteiger partial charge in [-0.2, -0.15) is 0 Å². The summed E-state index contributed by atoms with van der Waals surface area (Å²) >= 11 is 0. The number of ketones is 1. The van der Waals surface area contributed by atoms with Crippen molar-refractivity contribution < 1.29 is 4.79 Å². The van der Waals surface area contributed by atoms with Crippen LogP contribution in [0.1, 0.15) is 86.0 Å². The van der Waals surface area contributed by atoms with E-state index in [1.807, 2.05) is 6.08 Å². The zero-order chi connectivity index (χ0) is 20.1. The lowest BCUT2D eigenvalue weighted by Gasteiger charge is -2.58. The molecule has 0 heterocycles. The maximum atomic E-state index is 12.0. The Morgan fingerprint density at radius 1 is 1.07 bits per heavy atom. The Morgan fingerprint density at radius 3 is 2.61 bits per heavy atom. The fraction of sp³-hybridized carbons (Fsp3) is 0.741. The van der Waals surface area contributed by atoms with E-state index in [2.05, 4.69) is 52.8 Å². The van der Waals surface area contributed by atoms with E-state index in [0.717, 1.165) is 36.5 Å². The molecule has 3 fully saturated rings. The van der Waals surface area contributed by atoms with Crippen molar-refractivity contribution in [1.82, 2.24) is 0 Å². The highest BCUT2D eigenvalue weighted by atomic mass is 16.1. The van der Waals surface area contributed by atoms with E-state index < -0.39 is 0 Å². The summed E-state index contributed by atoms with van der Waals surface area (Å²) in [6.07, 6.45) is 19.0. The number of carbonyl (C=O) groups excluding carboxylic acids is 1. The van der Waals surface area contributed by atoms with Gasteiger partial charge in [-0.25, -0.2) is 0 Å². The third kappa shape index (κ3) is 3.17. The fourth-order valence-corrected chi connectivity index (χ4v) is 8.02. The third-order valence-electron chi connectivity index (χ3n) is 9.51. The summed E-state index contributed by atoms with van der Waals surface area (Å²) in [6.45, 7) is 11.9. The van der Waals surface area contributed by atoms with E-state index in [-0.39, 0.29) is 0 Å². The Kier molecular flexibility index (Phi) is 5.26. The van der Waals surface area contributed by atoms with E-state index >= 15 is 0 Å². The van der Waals surface area contributed by atoms with Gasteiger partial charge in [-0.15, -0.1) is 0 Å². The van der Waals surface area contributed by atoms with Gasteiger partial charge in [0.1, 0.15) is 0 Å². The molecule has 154 valence electrons. The molecule has 0 radical (unpaired) electrons. The van der Waals surface area contributed by atoms with Gasteiger partial charge in [-0.05, 0) is 105 Å². The van der Waals surface area contributed by atoms with Crippen LogP contribution in [0, 0.1) is 40.4 Å². The minimum atomic E-state index is 0.311. The Bertz CT molecular complexity index is 721. The SMILES string of the molecule is CC(C)=C/C=C/[C@@H](C)C1CCC2C3CCC4=CC(=O)CCC4(C)C3CCC21C. The van der Waals surface area contributed by atoms with Gasteiger partial charge in [-0.1, -0.05) is 50.1 Å². The molecule has 4 rings (SSSR count). The first-order valence-electron chi connectivity index (χ1n) is 11.8. The molecule has 6 unspecified atom stereocenters. The lowest BCUT2D eigenvalue weighted by molar-refractivity contribution is -0.117. The van der Waals surface area contributed by atoms with Crippen molar-refractivity contribution in [3.8, 4) is 0 Å². The highest BCUT2D eigenvalue weighted by Gasteiger charge is 2.59. The van der Waals surface area contributed by atoms with Gasteiger partial charge < -0.3 is 0 Å². The van der Waals surface area contributed by atoms with E-state index in [1.54, 1.807) is 0 Å². The summed E-state index contributed by atoms with van der Waals surface area (Å²) < 4.78 is 0.